The fourth-order valence-electron chi connectivity index (χ4n) is 12.1. The van der Waals surface area contributed by atoms with Crippen LogP contribution in [-0.4, -0.2) is 11.5 Å². The van der Waals surface area contributed by atoms with Crippen molar-refractivity contribution >= 4 is 71.5 Å². The predicted molar refractivity (Wildman–Crippen MR) is 291 cm³/mol. The van der Waals surface area contributed by atoms with Gasteiger partial charge in [-0.2, -0.15) is 0 Å². The van der Waals surface area contributed by atoms with Gasteiger partial charge in [0.15, 0.2) is 5.84 Å². The molecule has 12 aromatic rings. The van der Waals surface area contributed by atoms with E-state index < -0.39 is 5.41 Å². The number of fused-ring (bicyclic) bond motifs is 16. The van der Waals surface area contributed by atoms with Gasteiger partial charge in [0, 0.05) is 11.1 Å². The predicted octanol–water partition coefficient (Wildman–Crippen LogP) is 17.0. The van der Waals surface area contributed by atoms with Crippen molar-refractivity contribution in [1.82, 2.24) is 0 Å². The summed E-state index contributed by atoms with van der Waals surface area (Å²) in [5, 5.41) is 21.6. The molecule has 2 heteroatoms. The van der Waals surface area contributed by atoms with E-state index >= 15 is 0 Å². The number of hydrogen-bond donors (Lipinski definition) is 1. The summed E-state index contributed by atoms with van der Waals surface area (Å²) < 4.78 is 0. The second-order valence-electron chi connectivity index (χ2n) is 18.4. The first-order valence-electron chi connectivity index (χ1n) is 23.8. The maximum absolute atomic E-state index is 9.45. The van der Waals surface area contributed by atoms with Gasteiger partial charge in [0.05, 0.1) is 11.1 Å². The first-order valence-corrected chi connectivity index (χ1v) is 23.8. The number of rotatable bonds is 5. The van der Waals surface area contributed by atoms with Crippen molar-refractivity contribution in [2.24, 2.45) is 4.99 Å². The summed E-state index contributed by atoms with van der Waals surface area (Å²) in [6.07, 6.45) is 4.40. The van der Waals surface area contributed by atoms with Crippen LogP contribution in [0.1, 0.15) is 38.9 Å². The highest BCUT2D eigenvalue weighted by Crippen LogP contribution is 2.62. The normalized spacial score (nSPS) is 13.4. The Balaban J connectivity index is 1.01. The molecule has 1 spiro atoms. The van der Waals surface area contributed by atoms with Crippen LogP contribution >= 0.6 is 0 Å². The van der Waals surface area contributed by atoms with E-state index in [9.17, 15) is 5.41 Å². The summed E-state index contributed by atoms with van der Waals surface area (Å²) in [7, 11) is 0. The highest BCUT2D eigenvalue weighted by Gasteiger charge is 2.51. The lowest BCUT2D eigenvalue weighted by molar-refractivity contribution is 0.793. The van der Waals surface area contributed by atoms with Crippen LogP contribution in [0.2, 0.25) is 0 Å². The van der Waals surface area contributed by atoms with Crippen LogP contribution in [0.15, 0.2) is 248 Å². The summed E-state index contributed by atoms with van der Waals surface area (Å²) in [5.41, 5.74) is 15.7. The Bertz CT molecular complexity index is 4090. The quantitative estimate of drug-likeness (QED) is 0.0774. The summed E-state index contributed by atoms with van der Waals surface area (Å²) in [5.74, 6) is 0.214. The molecule has 0 radical (unpaired) electrons. The van der Waals surface area contributed by atoms with Gasteiger partial charge in [0.25, 0.3) is 0 Å². The molecule has 0 fully saturated rings. The van der Waals surface area contributed by atoms with Crippen LogP contribution in [0, 0.1) is 5.41 Å². The minimum absolute atomic E-state index is 0.214. The number of hydrogen-bond acceptors (Lipinski definition) is 1. The third-order valence-electron chi connectivity index (χ3n) is 15.0. The molecular weight excluding hydrogens is 833 g/mol. The van der Waals surface area contributed by atoms with Crippen LogP contribution in [0.25, 0.3) is 93.3 Å². The molecule has 0 atom stereocenters. The molecule has 0 aliphatic heterocycles. The van der Waals surface area contributed by atoms with E-state index in [4.69, 9.17) is 4.99 Å². The van der Waals surface area contributed by atoms with Gasteiger partial charge in [-0.25, -0.2) is 4.99 Å². The highest BCUT2D eigenvalue weighted by molar-refractivity contribution is 6.28. The molecule has 2 nitrogen and oxygen atoms in total. The molecule has 14 rings (SSSR count). The van der Waals surface area contributed by atoms with Crippen molar-refractivity contribution in [3.8, 4) is 33.4 Å². The van der Waals surface area contributed by atoms with E-state index in [-0.39, 0.29) is 5.84 Å². The number of allylic oxidation sites excluding steroid dienone is 1. The van der Waals surface area contributed by atoms with Gasteiger partial charge in [-0.3, -0.25) is 5.41 Å². The first kappa shape index (κ1) is 39.2. The summed E-state index contributed by atoms with van der Waals surface area (Å²) >= 11 is 0. The van der Waals surface area contributed by atoms with Gasteiger partial charge >= 0.3 is 0 Å². The molecule has 1 N–H and O–H groups in total. The molecule has 0 amide bonds. The molecule has 69 heavy (non-hydrogen) atoms. The minimum atomic E-state index is -0.503. The van der Waals surface area contributed by atoms with Crippen molar-refractivity contribution in [2.75, 3.05) is 0 Å². The van der Waals surface area contributed by atoms with Crippen LogP contribution in [-0.2, 0) is 5.41 Å². The maximum Gasteiger partial charge on any atom is 0.152 e. The second kappa shape index (κ2) is 15.3. The largest absolute Gasteiger partial charge is 0.282 e. The SMILES string of the molecule is N=C(N=C(/C=C/c1c2ccccc2c(-c2c3ccccc3cc3c2ccc2ccccc23)c2ccccc12)c1ccc2c(c1)C1(c3ccccc3-c3ccccc31)c1ccccc1-2)c1ccccc1. The standard InChI is InChI=1S/C67H42N2/c68-66(43-19-2-1-3-20-43)69-63(45-35-36-54-53-28-14-17-33-61(53)67(62(54)41-45)59-31-15-12-26-51(59)52-27-13-16-32-60(52)67)39-38-50-48-24-8-10-29-55(48)65(56-30-11-9-25-49(50)56)64-47-23-7-5-21-44(47)40-58-46-22-6-4-18-42(46)34-37-57(58)64/h1-41,68H/b39-38+,68-66?,69-63?. The smallest absolute Gasteiger partial charge is 0.152 e. The van der Waals surface area contributed by atoms with Crippen molar-refractivity contribution in [3.63, 3.8) is 0 Å². The highest BCUT2D eigenvalue weighted by atomic mass is 14.8. The van der Waals surface area contributed by atoms with Crippen molar-refractivity contribution in [2.45, 2.75) is 5.41 Å². The molecule has 0 heterocycles. The van der Waals surface area contributed by atoms with Crippen molar-refractivity contribution < 1.29 is 0 Å². The van der Waals surface area contributed by atoms with Crippen LogP contribution in [0.4, 0.5) is 0 Å². The monoisotopic (exact) mass is 874 g/mol. The van der Waals surface area contributed by atoms with E-state index in [0.29, 0.717) is 0 Å². The van der Waals surface area contributed by atoms with Crippen LogP contribution in [0.5, 0.6) is 0 Å². The lowest BCUT2D eigenvalue weighted by Gasteiger charge is -2.30. The molecule has 0 aromatic heterocycles. The van der Waals surface area contributed by atoms with Gasteiger partial charge in [0.1, 0.15) is 0 Å². The molecule has 2 aliphatic carbocycles. The summed E-state index contributed by atoms with van der Waals surface area (Å²) in [6, 6.07) is 85.8. The number of aliphatic imine (C=N–C) groups is 1. The fourth-order valence-corrected chi connectivity index (χ4v) is 12.1. The zero-order chi connectivity index (χ0) is 45.6. The van der Waals surface area contributed by atoms with Crippen LogP contribution in [0.3, 0.4) is 0 Å². The molecule has 0 saturated heterocycles. The molecule has 0 bridgehead atoms. The second-order valence-corrected chi connectivity index (χ2v) is 18.4. The van der Waals surface area contributed by atoms with Crippen LogP contribution < -0.4 is 0 Å². The summed E-state index contributed by atoms with van der Waals surface area (Å²) in [4.78, 5) is 5.24. The number of amidine groups is 1. The average molecular weight is 875 g/mol. The number of benzene rings is 12. The Morgan fingerprint density at radius 1 is 0.348 bits per heavy atom. The van der Waals surface area contributed by atoms with Gasteiger partial charge in [-0.1, -0.05) is 231 Å². The Morgan fingerprint density at radius 2 is 0.826 bits per heavy atom. The average Bonchev–Trinajstić information content (AvgIpc) is 3.88. The van der Waals surface area contributed by atoms with Gasteiger partial charge in [0.2, 0.25) is 0 Å². The van der Waals surface area contributed by atoms with E-state index in [1.165, 1.54) is 98.7 Å². The molecule has 0 unspecified atom stereocenters. The topological polar surface area (TPSA) is 36.2 Å². The third-order valence-corrected chi connectivity index (χ3v) is 15.0. The number of nitrogens with one attached hydrogen (secondary N) is 1. The molecule has 0 saturated carbocycles. The van der Waals surface area contributed by atoms with E-state index in [2.05, 4.69) is 218 Å². The maximum atomic E-state index is 9.45. The molecule has 2 aliphatic rings. The van der Waals surface area contributed by atoms with E-state index in [1.54, 1.807) is 0 Å². The zero-order valence-electron chi connectivity index (χ0n) is 37.6. The molecule has 320 valence electrons. The first-order chi connectivity index (χ1) is 34.2. The minimum Gasteiger partial charge on any atom is -0.282 e. The summed E-state index contributed by atoms with van der Waals surface area (Å²) in [6.45, 7) is 0. The van der Waals surface area contributed by atoms with Gasteiger partial charge < -0.3 is 0 Å². The molecular formula is C67H42N2. The Kier molecular flexibility index (Phi) is 8.68. The van der Waals surface area contributed by atoms with Crippen molar-refractivity contribution in [3.05, 3.63) is 282 Å². The Morgan fingerprint density at radius 3 is 1.46 bits per heavy atom. The number of nitrogens with zero attached hydrogens (tertiary/aromatic N) is 1. The van der Waals surface area contributed by atoms with E-state index in [0.717, 1.165) is 33.2 Å². The fraction of sp³-hybridized carbons (Fsp3) is 0.0149. The zero-order valence-corrected chi connectivity index (χ0v) is 37.6. The Hall–Kier alpha value is -8.98. The van der Waals surface area contributed by atoms with Gasteiger partial charge in [-0.05, 0) is 133 Å². The lowest BCUT2D eigenvalue weighted by Crippen LogP contribution is -2.26. The van der Waals surface area contributed by atoms with Gasteiger partial charge in [-0.15, -0.1) is 0 Å². The molecule has 12 aromatic carbocycles. The van der Waals surface area contributed by atoms with Crippen molar-refractivity contribution in [1.29, 1.82) is 5.41 Å². The Labute approximate surface area is 400 Å². The third kappa shape index (κ3) is 5.73. The van der Waals surface area contributed by atoms with E-state index in [1.807, 2.05) is 30.3 Å². The lowest BCUT2D eigenvalue weighted by atomic mass is 9.70.